The summed E-state index contributed by atoms with van der Waals surface area (Å²) in [4.78, 5) is 2.43. The Bertz CT molecular complexity index is 758. The highest BCUT2D eigenvalue weighted by Gasteiger charge is 2.20. The molecule has 0 aromatic heterocycles. The van der Waals surface area contributed by atoms with Crippen LogP contribution in [0.25, 0.3) is 5.57 Å². The highest BCUT2D eigenvalue weighted by atomic mass is 35.5. The van der Waals surface area contributed by atoms with Gasteiger partial charge in [0.15, 0.2) is 6.79 Å². The van der Waals surface area contributed by atoms with Crippen molar-refractivity contribution in [2.24, 2.45) is 0 Å². The van der Waals surface area contributed by atoms with Gasteiger partial charge in [0.1, 0.15) is 5.75 Å². The normalized spacial score (nSPS) is 17.8. The maximum Gasteiger partial charge on any atom is 0.189 e. The third kappa shape index (κ3) is 3.34. The Labute approximate surface area is 147 Å². The zero-order chi connectivity index (χ0) is 16.4. The summed E-state index contributed by atoms with van der Waals surface area (Å²) >= 11 is 6.26. The standard InChI is InChI=1S/C20H20ClNO2/c21-19-10-17(20-18(11-19)13-23-14-24-20)12-22-8-6-16(7-9-22)15-4-2-1-3-5-15/h1-6,10-11H,7-9,12-14H2. The second kappa shape index (κ2) is 6.98. The Morgan fingerprint density at radius 1 is 1.12 bits per heavy atom. The fourth-order valence-electron chi connectivity index (χ4n) is 3.38. The fraction of sp³-hybridized carbons (Fsp3) is 0.300. The van der Waals surface area contributed by atoms with E-state index in [0.29, 0.717) is 13.4 Å². The van der Waals surface area contributed by atoms with Gasteiger partial charge in [0.25, 0.3) is 0 Å². The molecule has 0 saturated carbocycles. The Morgan fingerprint density at radius 3 is 2.79 bits per heavy atom. The fourth-order valence-corrected chi connectivity index (χ4v) is 3.65. The quantitative estimate of drug-likeness (QED) is 0.820. The molecule has 2 aliphatic rings. The molecule has 2 aromatic rings. The van der Waals surface area contributed by atoms with Crippen molar-refractivity contribution in [1.82, 2.24) is 4.90 Å². The molecule has 0 unspecified atom stereocenters. The van der Waals surface area contributed by atoms with Gasteiger partial charge in [0.2, 0.25) is 0 Å². The number of fused-ring (bicyclic) bond motifs is 1. The van der Waals surface area contributed by atoms with E-state index in [9.17, 15) is 0 Å². The molecule has 124 valence electrons. The van der Waals surface area contributed by atoms with E-state index in [4.69, 9.17) is 21.1 Å². The van der Waals surface area contributed by atoms with Crippen molar-refractivity contribution in [3.63, 3.8) is 0 Å². The first kappa shape index (κ1) is 15.7. The van der Waals surface area contributed by atoms with Crippen molar-refractivity contribution in [2.75, 3.05) is 19.9 Å². The lowest BCUT2D eigenvalue weighted by Crippen LogP contribution is -2.28. The molecule has 0 fully saturated rings. The predicted octanol–water partition coefficient (Wildman–Crippen LogP) is 4.50. The average Bonchev–Trinajstić information content (AvgIpc) is 2.63. The van der Waals surface area contributed by atoms with Gasteiger partial charge in [-0.2, -0.15) is 0 Å². The number of hydrogen-bond donors (Lipinski definition) is 0. The van der Waals surface area contributed by atoms with Crippen LogP contribution in [0.3, 0.4) is 0 Å². The first-order valence-corrected chi connectivity index (χ1v) is 8.66. The van der Waals surface area contributed by atoms with Gasteiger partial charge in [-0.3, -0.25) is 4.90 Å². The molecule has 0 aliphatic carbocycles. The molecule has 0 spiro atoms. The van der Waals surface area contributed by atoms with Crippen LogP contribution in [0.2, 0.25) is 5.02 Å². The number of nitrogens with zero attached hydrogens (tertiary/aromatic N) is 1. The second-order valence-electron chi connectivity index (χ2n) is 6.24. The molecule has 0 amide bonds. The van der Waals surface area contributed by atoms with Crippen molar-refractivity contribution >= 4 is 17.2 Å². The SMILES string of the molecule is Clc1cc2c(c(CN3CC=C(c4ccccc4)CC3)c1)OCOC2. The Morgan fingerprint density at radius 2 is 2.00 bits per heavy atom. The summed E-state index contributed by atoms with van der Waals surface area (Å²) in [6.45, 7) is 3.72. The number of halogens is 1. The molecule has 24 heavy (non-hydrogen) atoms. The third-order valence-electron chi connectivity index (χ3n) is 4.58. The molecule has 0 atom stereocenters. The molecule has 2 aliphatic heterocycles. The molecular weight excluding hydrogens is 322 g/mol. The van der Waals surface area contributed by atoms with E-state index >= 15 is 0 Å². The number of benzene rings is 2. The van der Waals surface area contributed by atoms with E-state index in [2.05, 4.69) is 41.3 Å². The van der Waals surface area contributed by atoms with E-state index in [-0.39, 0.29) is 0 Å². The molecule has 2 heterocycles. The monoisotopic (exact) mass is 341 g/mol. The van der Waals surface area contributed by atoms with Crippen LogP contribution in [0.5, 0.6) is 5.75 Å². The van der Waals surface area contributed by atoms with Crippen molar-refractivity contribution in [3.05, 3.63) is 70.3 Å². The number of hydrogen-bond acceptors (Lipinski definition) is 3. The second-order valence-corrected chi connectivity index (χ2v) is 6.68. The molecule has 0 radical (unpaired) electrons. The highest BCUT2D eigenvalue weighted by Crippen LogP contribution is 2.33. The lowest BCUT2D eigenvalue weighted by molar-refractivity contribution is -0.0174. The Balaban J connectivity index is 1.50. The molecule has 2 aromatic carbocycles. The molecule has 4 rings (SSSR count). The van der Waals surface area contributed by atoms with Crippen molar-refractivity contribution < 1.29 is 9.47 Å². The smallest absolute Gasteiger partial charge is 0.189 e. The topological polar surface area (TPSA) is 21.7 Å². The van der Waals surface area contributed by atoms with Crippen LogP contribution in [-0.2, 0) is 17.9 Å². The summed E-state index contributed by atoms with van der Waals surface area (Å²) in [7, 11) is 0. The van der Waals surface area contributed by atoms with E-state index in [1.807, 2.05) is 12.1 Å². The van der Waals surface area contributed by atoms with Crippen molar-refractivity contribution in [1.29, 1.82) is 0 Å². The Hall–Kier alpha value is -1.81. The zero-order valence-electron chi connectivity index (χ0n) is 13.5. The van der Waals surface area contributed by atoms with Crippen LogP contribution in [0.4, 0.5) is 0 Å². The van der Waals surface area contributed by atoms with Crippen molar-refractivity contribution in [3.8, 4) is 5.75 Å². The van der Waals surface area contributed by atoms with Crippen LogP contribution >= 0.6 is 11.6 Å². The summed E-state index contributed by atoms with van der Waals surface area (Å²) in [5.41, 5.74) is 4.96. The summed E-state index contributed by atoms with van der Waals surface area (Å²) in [6.07, 6.45) is 3.40. The molecule has 0 bridgehead atoms. The number of rotatable bonds is 3. The summed E-state index contributed by atoms with van der Waals surface area (Å²) in [5, 5.41) is 0.746. The first-order chi connectivity index (χ1) is 11.8. The summed E-state index contributed by atoms with van der Waals surface area (Å²) < 4.78 is 11.1. The first-order valence-electron chi connectivity index (χ1n) is 8.28. The van der Waals surface area contributed by atoms with E-state index < -0.39 is 0 Å². The molecular formula is C20H20ClNO2. The van der Waals surface area contributed by atoms with Gasteiger partial charge in [-0.25, -0.2) is 0 Å². The largest absolute Gasteiger partial charge is 0.467 e. The third-order valence-corrected chi connectivity index (χ3v) is 4.80. The average molecular weight is 342 g/mol. The molecule has 4 heteroatoms. The van der Waals surface area contributed by atoms with Crippen LogP contribution in [0.1, 0.15) is 23.1 Å². The van der Waals surface area contributed by atoms with E-state index in [0.717, 1.165) is 48.0 Å². The van der Waals surface area contributed by atoms with Gasteiger partial charge in [0, 0.05) is 35.8 Å². The van der Waals surface area contributed by atoms with Gasteiger partial charge < -0.3 is 9.47 Å². The van der Waals surface area contributed by atoms with Gasteiger partial charge in [-0.1, -0.05) is 48.0 Å². The van der Waals surface area contributed by atoms with Gasteiger partial charge in [-0.05, 0) is 29.7 Å². The summed E-state index contributed by atoms with van der Waals surface area (Å²) in [5.74, 6) is 0.948. The van der Waals surface area contributed by atoms with Crippen LogP contribution in [-0.4, -0.2) is 24.8 Å². The van der Waals surface area contributed by atoms with Gasteiger partial charge >= 0.3 is 0 Å². The van der Waals surface area contributed by atoms with Crippen LogP contribution in [0, 0.1) is 0 Å². The summed E-state index contributed by atoms with van der Waals surface area (Å²) in [6, 6.07) is 14.6. The number of ether oxygens (including phenoxy) is 2. The van der Waals surface area contributed by atoms with Gasteiger partial charge in [0.05, 0.1) is 6.61 Å². The maximum atomic E-state index is 6.26. The predicted molar refractivity (Wildman–Crippen MR) is 96.0 cm³/mol. The van der Waals surface area contributed by atoms with E-state index in [1.54, 1.807) is 0 Å². The lowest BCUT2D eigenvalue weighted by Gasteiger charge is -2.28. The molecule has 3 nitrogen and oxygen atoms in total. The van der Waals surface area contributed by atoms with Crippen LogP contribution < -0.4 is 4.74 Å². The van der Waals surface area contributed by atoms with Crippen molar-refractivity contribution in [2.45, 2.75) is 19.6 Å². The van der Waals surface area contributed by atoms with Crippen LogP contribution in [0.15, 0.2) is 48.5 Å². The Kier molecular flexibility index (Phi) is 4.56. The minimum absolute atomic E-state index is 0.319. The minimum Gasteiger partial charge on any atom is -0.467 e. The zero-order valence-corrected chi connectivity index (χ0v) is 14.3. The lowest BCUT2D eigenvalue weighted by atomic mass is 9.99. The van der Waals surface area contributed by atoms with Gasteiger partial charge in [-0.15, -0.1) is 0 Å². The minimum atomic E-state index is 0.319. The maximum absolute atomic E-state index is 6.26. The molecule has 0 N–H and O–H groups in total. The molecule has 0 saturated heterocycles. The van der Waals surface area contributed by atoms with E-state index in [1.165, 1.54) is 11.1 Å². The highest BCUT2D eigenvalue weighted by molar-refractivity contribution is 6.30.